The molecule has 7 nitrogen and oxygen atoms in total. The summed E-state index contributed by atoms with van der Waals surface area (Å²) >= 11 is 0. The summed E-state index contributed by atoms with van der Waals surface area (Å²) in [6.45, 7) is 3.51. The van der Waals surface area contributed by atoms with E-state index in [1.807, 2.05) is 35.2 Å². The van der Waals surface area contributed by atoms with Gasteiger partial charge in [-0.15, -0.1) is 0 Å². The fraction of sp³-hybridized carbons (Fsp3) is 0.526. The number of H-pyrrole nitrogens is 1. The molecule has 3 atom stereocenters. The Morgan fingerprint density at radius 2 is 2.15 bits per heavy atom. The summed E-state index contributed by atoms with van der Waals surface area (Å²) in [6.07, 6.45) is 3.82. The van der Waals surface area contributed by atoms with E-state index in [2.05, 4.69) is 27.4 Å². The van der Waals surface area contributed by atoms with Gasteiger partial charge in [0.1, 0.15) is 5.82 Å². The van der Waals surface area contributed by atoms with Crippen LogP contribution in [0.1, 0.15) is 44.5 Å². The minimum Gasteiger partial charge on any atom is -0.378 e. The quantitative estimate of drug-likeness (QED) is 0.887. The number of hydrogen-bond donors (Lipinski definition) is 2. The highest BCUT2D eigenvalue weighted by Crippen LogP contribution is 2.31. The molecule has 2 aliphatic rings. The molecule has 0 radical (unpaired) electrons. The molecular weight excluding hydrogens is 330 g/mol. The van der Waals surface area contributed by atoms with Gasteiger partial charge in [0.05, 0.1) is 12.1 Å². The summed E-state index contributed by atoms with van der Waals surface area (Å²) < 4.78 is 5.56. The van der Waals surface area contributed by atoms with Crippen LogP contribution in [0, 0.1) is 0 Å². The van der Waals surface area contributed by atoms with E-state index in [4.69, 9.17) is 4.74 Å². The lowest BCUT2D eigenvalue weighted by molar-refractivity contribution is 0.0144. The zero-order chi connectivity index (χ0) is 17.9. The van der Waals surface area contributed by atoms with E-state index in [0.717, 1.165) is 43.6 Å². The van der Waals surface area contributed by atoms with Crippen LogP contribution in [-0.2, 0) is 4.74 Å². The van der Waals surface area contributed by atoms with Gasteiger partial charge in [-0.2, -0.15) is 5.10 Å². The summed E-state index contributed by atoms with van der Waals surface area (Å²) in [5.74, 6) is 1.43. The summed E-state index contributed by atoms with van der Waals surface area (Å²) in [5, 5.41) is 10.6. The summed E-state index contributed by atoms with van der Waals surface area (Å²) in [6, 6.07) is 10.0. The van der Waals surface area contributed by atoms with Crippen LogP contribution in [0.25, 0.3) is 11.4 Å². The number of nitrogens with one attached hydrogen (secondary N) is 2. The van der Waals surface area contributed by atoms with Gasteiger partial charge in [-0.3, -0.25) is 5.10 Å². The van der Waals surface area contributed by atoms with Crippen molar-refractivity contribution < 1.29 is 9.53 Å². The summed E-state index contributed by atoms with van der Waals surface area (Å²) in [4.78, 5) is 19.3. The number of likely N-dealkylation sites (tertiary alicyclic amines) is 1. The standard InChI is InChI=1S/C19H25N5O2/c1-13-12-15(9-11-26-13)20-19(25)24-10-5-8-16(24)18-21-17(22-23-18)14-6-3-2-4-7-14/h2-4,6-7,13,15-16H,5,8-12H2,1H3,(H,20,25)(H,21,22,23). The number of nitrogens with zero attached hydrogens (tertiary/aromatic N) is 3. The Hall–Kier alpha value is -2.41. The van der Waals surface area contributed by atoms with Crippen molar-refractivity contribution in [2.24, 2.45) is 0 Å². The molecule has 2 aliphatic heterocycles. The predicted molar refractivity (Wildman–Crippen MR) is 97.5 cm³/mol. The van der Waals surface area contributed by atoms with Crippen LogP contribution in [-0.4, -0.2) is 51.4 Å². The molecule has 2 saturated heterocycles. The lowest BCUT2D eigenvalue weighted by atomic mass is 10.0. The lowest BCUT2D eigenvalue weighted by Gasteiger charge is -2.31. The minimum absolute atomic E-state index is 0.00994. The van der Waals surface area contributed by atoms with Crippen molar-refractivity contribution in [3.63, 3.8) is 0 Å². The van der Waals surface area contributed by atoms with Crippen LogP contribution < -0.4 is 5.32 Å². The van der Waals surface area contributed by atoms with Gasteiger partial charge in [-0.05, 0) is 32.6 Å². The summed E-state index contributed by atoms with van der Waals surface area (Å²) in [5.41, 5.74) is 0.972. The second kappa shape index (κ2) is 7.45. The highest BCUT2D eigenvalue weighted by atomic mass is 16.5. The molecule has 4 rings (SSSR count). The maximum absolute atomic E-state index is 12.8. The molecule has 0 saturated carbocycles. The van der Waals surface area contributed by atoms with Gasteiger partial charge >= 0.3 is 6.03 Å². The van der Waals surface area contributed by atoms with Crippen molar-refractivity contribution in [3.05, 3.63) is 36.2 Å². The Bertz CT molecular complexity index is 747. The summed E-state index contributed by atoms with van der Waals surface area (Å²) in [7, 11) is 0. The molecule has 0 bridgehead atoms. The van der Waals surface area contributed by atoms with Crippen molar-refractivity contribution in [1.82, 2.24) is 25.4 Å². The molecule has 0 spiro atoms. The number of carbonyl (C=O) groups is 1. The van der Waals surface area contributed by atoms with Crippen LogP contribution in [0.2, 0.25) is 0 Å². The zero-order valence-electron chi connectivity index (χ0n) is 15.0. The Morgan fingerprint density at radius 3 is 2.96 bits per heavy atom. The van der Waals surface area contributed by atoms with Crippen LogP contribution >= 0.6 is 0 Å². The molecular formula is C19H25N5O2. The molecule has 2 amide bonds. The van der Waals surface area contributed by atoms with Gasteiger partial charge in [0.2, 0.25) is 0 Å². The molecule has 3 unspecified atom stereocenters. The van der Waals surface area contributed by atoms with Gasteiger partial charge in [-0.25, -0.2) is 9.78 Å². The second-order valence-corrected chi connectivity index (χ2v) is 7.11. The topological polar surface area (TPSA) is 83.1 Å². The monoisotopic (exact) mass is 355 g/mol. The van der Waals surface area contributed by atoms with Crippen LogP contribution in [0.4, 0.5) is 4.79 Å². The van der Waals surface area contributed by atoms with E-state index in [1.165, 1.54) is 0 Å². The lowest BCUT2D eigenvalue weighted by Crippen LogP contribution is -2.47. The van der Waals surface area contributed by atoms with Gasteiger partial charge in [0.25, 0.3) is 0 Å². The van der Waals surface area contributed by atoms with Gasteiger partial charge in [-0.1, -0.05) is 30.3 Å². The number of amides is 2. The number of carbonyl (C=O) groups excluding carboxylic acids is 1. The first-order valence-electron chi connectivity index (χ1n) is 9.37. The van der Waals surface area contributed by atoms with E-state index in [9.17, 15) is 4.79 Å². The van der Waals surface area contributed by atoms with Gasteiger partial charge in [0.15, 0.2) is 5.82 Å². The first kappa shape index (κ1) is 17.0. The average molecular weight is 355 g/mol. The van der Waals surface area contributed by atoms with Crippen molar-refractivity contribution in [2.75, 3.05) is 13.2 Å². The van der Waals surface area contributed by atoms with Crippen molar-refractivity contribution in [3.8, 4) is 11.4 Å². The first-order valence-corrected chi connectivity index (χ1v) is 9.37. The number of urea groups is 1. The molecule has 1 aromatic heterocycles. The molecule has 2 fully saturated rings. The Labute approximate surface area is 153 Å². The van der Waals surface area contributed by atoms with Crippen LogP contribution in [0.3, 0.4) is 0 Å². The number of hydrogen-bond acceptors (Lipinski definition) is 4. The molecule has 3 heterocycles. The highest BCUT2D eigenvalue weighted by molar-refractivity contribution is 5.75. The van der Waals surface area contributed by atoms with Crippen molar-refractivity contribution in [1.29, 1.82) is 0 Å². The number of benzene rings is 1. The molecule has 1 aromatic carbocycles. The van der Waals surface area contributed by atoms with Crippen molar-refractivity contribution in [2.45, 2.75) is 50.8 Å². The maximum Gasteiger partial charge on any atom is 0.318 e. The molecule has 0 aliphatic carbocycles. The number of ether oxygens (including phenoxy) is 1. The van der Waals surface area contributed by atoms with Gasteiger partial charge in [0, 0.05) is 24.8 Å². The SMILES string of the molecule is CC1CC(NC(=O)N2CCCC2c2nc(-c3ccccc3)n[nH]2)CCO1. The third-order valence-electron chi connectivity index (χ3n) is 5.18. The highest BCUT2D eigenvalue weighted by Gasteiger charge is 2.34. The van der Waals surface area contributed by atoms with E-state index in [1.54, 1.807) is 0 Å². The second-order valence-electron chi connectivity index (χ2n) is 7.11. The van der Waals surface area contributed by atoms with Crippen LogP contribution in [0.15, 0.2) is 30.3 Å². The molecule has 2 N–H and O–H groups in total. The molecule has 138 valence electrons. The van der Waals surface area contributed by atoms with Gasteiger partial charge < -0.3 is 15.0 Å². The fourth-order valence-electron chi connectivity index (χ4n) is 3.82. The number of aromatic amines is 1. The maximum atomic E-state index is 12.8. The van der Waals surface area contributed by atoms with E-state index in [-0.39, 0.29) is 24.2 Å². The van der Waals surface area contributed by atoms with E-state index in [0.29, 0.717) is 12.4 Å². The van der Waals surface area contributed by atoms with Crippen molar-refractivity contribution >= 4 is 6.03 Å². The Kier molecular flexibility index (Phi) is 4.88. The molecule has 2 aromatic rings. The third-order valence-corrected chi connectivity index (χ3v) is 5.18. The number of rotatable bonds is 3. The normalized spacial score (nSPS) is 26.0. The molecule has 26 heavy (non-hydrogen) atoms. The van der Waals surface area contributed by atoms with Crippen LogP contribution in [0.5, 0.6) is 0 Å². The predicted octanol–water partition coefficient (Wildman–Crippen LogP) is 2.89. The van der Waals surface area contributed by atoms with E-state index < -0.39 is 0 Å². The smallest absolute Gasteiger partial charge is 0.318 e. The first-order chi connectivity index (χ1) is 12.7. The largest absolute Gasteiger partial charge is 0.378 e. The zero-order valence-corrected chi connectivity index (χ0v) is 15.0. The number of aromatic nitrogens is 3. The Balaban J connectivity index is 1.45. The fourth-order valence-corrected chi connectivity index (χ4v) is 3.82. The minimum atomic E-state index is -0.0442. The third kappa shape index (κ3) is 3.58. The Morgan fingerprint density at radius 1 is 1.31 bits per heavy atom. The van der Waals surface area contributed by atoms with E-state index >= 15 is 0 Å². The molecule has 7 heteroatoms. The average Bonchev–Trinajstić information content (AvgIpc) is 3.32.